The molecule has 3 rings (SSSR count). The van der Waals surface area contributed by atoms with E-state index >= 15 is 0 Å². The smallest absolute Gasteiger partial charge is 0.227 e. The molecule has 0 aromatic heterocycles. The highest BCUT2D eigenvalue weighted by atomic mass is 35.5. The van der Waals surface area contributed by atoms with E-state index in [0.29, 0.717) is 24.0 Å². The molecule has 2 amide bonds. The van der Waals surface area contributed by atoms with Crippen LogP contribution in [-0.2, 0) is 16.1 Å². The molecule has 1 aliphatic heterocycles. The lowest BCUT2D eigenvalue weighted by Crippen LogP contribution is -2.32. The predicted octanol–water partition coefficient (Wildman–Crippen LogP) is 4.13. The molecule has 1 atom stereocenters. The van der Waals surface area contributed by atoms with E-state index in [4.69, 9.17) is 11.6 Å². The van der Waals surface area contributed by atoms with Gasteiger partial charge in [-0.05, 0) is 41.3 Å². The van der Waals surface area contributed by atoms with Crippen molar-refractivity contribution in [2.75, 3.05) is 11.4 Å². The summed E-state index contributed by atoms with van der Waals surface area (Å²) in [6, 6.07) is 15.4. The maximum atomic E-state index is 12.5. The molecule has 0 spiro atoms. The zero-order valence-corrected chi connectivity index (χ0v) is 15.8. The monoisotopic (exact) mass is 370 g/mol. The van der Waals surface area contributed by atoms with Crippen molar-refractivity contribution in [2.45, 2.75) is 32.7 Å². The van der Waals surface area contributed by atoms with Crippen molar-refractivity contribution in [3.05, 3.63) is 64.7 Å². The van der Waals surface area contributed by atoms with Gasteiger partial charge in [0.1, 0.15) is 0 Å². The lowest BCUT2D eigenvalue weighted by molar-refractivity contribution is -0.126. The molecule has 1 heterocycles. The third-order valence-corrected chi connectivity index (χ3v) is 5.00. The highest BCUT2D eigenvalue weighted by Gasteiger charge is 2.34. The van der Waals surface area contributed by atoms with Crippen molar-refractivity contribution in [1.82, 2.24) is 5.32 Å². The van der Waals surface area contributed by atoms with Gasteiger partial charge in [0, 0.05) is 30.2 Å². The first kappa shape index (κ1) is 18.5. The Morgan fingerprint density at radius 2 is 1.81 bits per heavy atom. The fourth-order valence-electron chi connectivity index (χ4n) is 3.11. The normalized spacial score (nSPS) is 17.0. The van der Waals surface area contributed by atoms with Crippen LogP contribution in [0.4, 0.5) is 5.69 Å². The Hall–Kier alpha value is -2.33. The first-order valence-electron chi connectivity index (χ1n) is 8.86. The third-order valence-electron chi connectivity index (χ3n) is 4.75. The number of hydrogen-bond donors (Lipinski definition) is 1. The molecule has 1 saturated heterocycles. The minimum atomic E-state index is -0.326. The van der Waals surface area contributed by atoms with Gasteiger partial charge in [-0.1, -0.05) is 49.7 Å². The van der Waals surface area contributed by atoms with Crippen LogP contribution in [0, 0.1) is 5.92 Å². The SMILES string of the molecule is CC(C)c1ccc(CNC(=O)[C@H]2CC(=O)N(c3ccc(Cl)cc3)C2)cc1. The van der Waals surface area contributed by atoms with E-state index in [0.717, 1.165) is 11.3 Å². The van der Waals surface area contributed by atoms with E-state index in [1.165, 1.54) is 5.56 Å². The number of anilines is 1. The summed E-state index contributed by atoms with van der Waals surface area (Å²) < 4.78 is 0. The van der Waals surface area contributed by atoms with E-state index in [1.54, 1.807) is 29.2 Å². The van der Waals surface area contributed by atoms with Gasteiger partial charge in [-0.2, -0.15) is 0 Å². The molecule has 1 fully saturated rings. The highest BCUT2D eigenvalue weighted by molar-refractivity contribution is 6.30. The number of rotatable bonds is 5. The van der Waals surface area contributed by atoms with Crippen molar-refractivity contribution >= 4 is 29.1 Å². The number of nitrogens with zero attached hydrogens (tertiary/aromatic N) is 1. The highest BCUT2D eigenvalue weighted by Crippen LogP contribution is 2.26. The Labute approximate surface area is 159 Å². The summed E-state index contributed by atoms with van der Waals surface area (Å²) in [5, 5.41) is 3.58. The standard InChI is InChI=1S/C21H23ClN2O2/c1-14(2)16-5-3-15(4-6-16)12-23-21(26)17-11-20(25)24(13-17)19-9-7-18(22)8-10-19/h3-10,14,17H,11-13H2,1-2H3,(H,23,26)/t17-/m0/s1. The fourth-order valence-corrected chi connectivity index (χ4v) is 3.23. The number of hydrogen-bond acceptors (Lipinski definition) is 2. The minimum absolute atomic E-state index is 0.0336. The van der Waals surface area contributed by atoms with Crippen LogP contribution < -0.4 is 10.2 Å². The third kappa shape index (κ3) is 4.25. The predicted molar refractivity (Wildman–Crippen MR) is 104 cm³/mol. The molecule has 0 saturated carbocycles. The number of benzene rings is 2. The van der Waals surface area contributed by atoms with Crippen LogP contribution in [0.5, 0.6) is 0 Å². The Morgan fingerprint density at radius 1 is 1.15 bits per heavy atom. The second-order valence-corrected chi connectivity index (χ2v) is 7.43. The van der Waals surface area contributed by atoms with Crippen molar-refractivity contribution in [1.29, 1.82) is 0 Å². The molecule has 136 valence electrons. The van der Waals surface area contributed by atoms with Crippen LogP contribution in [0.1, 0.15) is 37.3 Å². The summed E-state index contributed by atoms with van der Waals surface area (Å²) in [6.07, 6.45) is 0.237. The average Bonchev–Trinajstić information content (AvgIpc) is 3.02. The number of carbonyl (C=O) groups excluding carboxylic acids is 2. The Balaban J connectivity index is 1.57. The summed E-state index contributed by atoms with van der Waals surface area (Å²) in [5.74, 6) is 0.0478. The second-order valence-electron chi connectivity index (χ2n) is 7.00. The number of carbonyl (C=O) groups is 2. The van der Waals surface area contributed by atoms with Crippen molar-refractivity contribution in [3.63, 3.8) is 0 Å². The quantitative estimate of drug-likeness (QED) is 0.860. The van der Waals surface area contributed by atoms with Gasteiger partial charge < -0.3 is 10.2 Å². The van der Waals surface area contributed by atoms with E-state index in [2.05, 4.69) is 31.3 Å². The van der Waals surface area contributed by atoms with Gasteiger partial charge in [0.25, 0.3) is 0 Å². The Bertz CT molecular complexity index is 785. The molecule has 0 radical (unpaired) electrons. The molecule has 2 aromatic rings. The van der Waals surface area contributed by atoms with Crippen LogP contribution in [0.15, 0.2) is 48.5 Å². The van der Waals surface area contributed by atoms with E-state index in [1.807, 2.05) is 12.1 Å². The molecular weight excluding hydrogens is 348 g/mol. The van der Waals surface area contributed by atoms with Gasteiger partial charge in [-0.3, -0.25) is 9.59 Å². The summed E-state index contributed by atoms with van der Waals surface area (Å²) >= 11 is 5.89. The van der Waals surface area contributed by atoms with Gasteiger partial charge in [-0.15, -0.1) is 0 Å². The van der Waals surface area contributed by atoms with Crippen LogP contribution in [0.25, 0.3) is 0 Å². The summed E-state index contributed by atoms with van der Waals surface area (Å²) in [4.78, 5) is 26.4. The summed E-state index contributed by atoms with van der Waals surface area (Å²) in [7, 11) is 0. The maximum Gasteiger partial charge on any atom is 0.227 e. The van der Waals surface area contributed by atoms with Crippen molar-refractivity contribution < 1.29 is 9.59 Å². The zero-order chi connectivity index (χ0) is 18.7. The number of amides is 2. The Kier molecular flexibility index (Phi) is 5.62. The van der Waals surface area contributed by atoms with Crippen LogP contribution >= 0.6 is 11.6 Å². The van der Waals surface area contributed by atoms with Crippen LogP contribution in [0.2, 0.25) is 5.02 Å². The number of nitrogens with one attached hydrogen (secondary N) is 1. The lowest BCUT2D eigenvalue weighted by atomic mass is 10.0. The average molecular weight is 371 g/mol. The van der Waals surface area contributed by atoms with Gasteiger partial charge in [-0.25, -0.2) is 0 Å². The molecule has 0 unspecified atom stereocenters. The topological polar surface area (TPSA) is 49.4 Å². The van der Waals surface area contributed by atoms with E-state index in [-0.39, 0.29) is 24.2 Å². The van der Waals surface area contributed by atoms with Crippen molar-refractivity contribution in [2.24, 2.45) is 5.92 Å². The van der Waals surface area contributed by atoms with Crippen molar-refractivity contribution in [3.8, 4) is 0 Å². The summed E-state index contributed by atoms with van der Waals surface area (Å²) in [5.41, 5.74) is 3.11. The molecular formula is C21H23ClN2O2. The first-order chi connectivity index (χ1) is 12.4. The largest absolute Gasteiger partial charge is 0.352 e. The second kappa shape index (κ2) is 7.92. The number of halogens is 1. The van der Waals surface area contributed by atoms with Crippen LogP contribution in [-0.4, -0.2) is 18.4 Å². The fraction of sp³-hybridized carbons (Fsp3) is 0.333. The molecule has 5 heteroatoms. The van der Waals surface area contributed by atoms with E-state index < -0.39 is 0 Å². The molecule has 0 aliphatic carbocycles. The van der Waals surface area contributed by atoms with Crippen LogP contribution in [0.3, 0.4) is 0 Å². The molecule has 26 heavy (non-hydrogen) atoms. The van der Waals surface area contributed by atoms with E-state index in [9.17, 15) is 9.59 Å². The molecule has 1 N–H and O–H groups in total. The first-order valence-corrected chi connectivity index (χ1v) is 9.24. The lowest BCUT2D eigenvalue weighted by Gasteiger charge is -2.17. The molecule has 1 aliphatic rings. The van der Waals surface area contributed by atoms with Gasteiger partial charge in [0.05, 0.1) is 5.92 Å². The van der Waals surface area contributed by atoms with Gasteiger partial charge >= 0.3 is 0 Å². The molecule has 4 nitrogen and oxygen atoms in total. The zero-order valence-electron chi connectivity index (χ0n) is 15.0. The molecule has 2 aromatic carbocycles. The van der Waals surface area contributed by atoms with Gasteiger partial charge in [0.2, 0.25) is 11.8 Å². The van der Waals surface area contributed by atoms with Gasteiger partial charge in [0.15, 0.2) is 0 Å². The molecule has 0 bridgehead atoms. The minimum Gasteiger partial charge on any atom is -0.352 e. The summed E-state index contributed by atoms with van der Waals surface area (Å²) in [6.45, 7) is 5.18. The Morgan fingerprint density at radius 3 is 2.42 bits per heavy atom. The maximum absolute atomic E-state index is 12.5.